The molecule has 1 aromatic rings. The summed E-state index contributed by atoms with van der Waals surface area (Å²) in [5, 5.41) is 13.8. The molecule has 1 amide bonds. The highest BCUT2D eigenvalue weighted by Crippen LogP contribution is 2.41. The Morgan fingerprint density at radius 3 is 2.28 bits per heavy atom. The van der Waals surface area contributed by atoms with Gasteiger partial charge in [0.05, 0.1) is 0 Å². The quantitative estimate of drug-likeness (QED) is 0.679. The second-order valence-electron chi connectivity index (χ2n) is 8.81. The summed E-state index contributed by atoms with van der Waals surface area (Å²) in [4.78, 5) is 36.8. The van der Waals surface area contributed by atoms with Crippen molar-refractivity contribution < 1.29 is 29.0 Å². The van der Waals surface area contributed by atoms with E-state index in [2.05, 4.69) is 23.9 Å². The summed E-state index contributed by atoms with van der Waals surface area (Å²) in [6.07, 6.45) is 5.12. The summed E-state index contributed by atoms with van der Waals surface area (Å²) in [5.74, 6) is 0.889. The molecule has 2 N–H and O–H groups in total. The lowest BCUT2D eigenvalue weighted by atomic mass is 9.72. The van der Waals surface area contributed by atoms with E-state index in [4.69, 9.17) is 19.8 Å². The number of carbonyl (C=O) groups excluding carboxylic acids is 1. The van der Waals surface area contributed by atoms with E-state index in [-0.39, 0.29) is 24.7 Å². The van der Waals surface area contributed by atoms with E-state index in [1.807, 2.05) is 4.90 Å². The minimum absolute atomic E-state index is 0.0626. The number of carboxylic acid groups (broad SMARTS) is 2. The molecule has 3 saturated heterocycles. The Hall–Kier alpha value is -2.52. The third-order valence-electron chi connectivity index (χ3n) is 6.55. The first-order chi connectivity index (χ1) is 15.4. The Kier molecular flexibility index (Phi) is 10.1. The van der Waals surface area contributed by atoms with Gasteiger partial charge in [0.2, 0.25) is 0 Å². The number of fused-ring (bicyclic) bond motifs is 4. The first-order valence-corrected chi connectivity index (χ1v) is 11.0. The van der Waals surface area contributed by atoms with Gasteiger partial charge in [-0.25, -0.2) is 4.39 Å². The number of nitrogens with zero attached hydrogens (tertiary/aromatic N) is 3. The Morgan fingerprint density at radius 1 is 1.09 bits per heavy atom. The van der Waals surface area contributed by atoms with Gasteiger partial charge in [-0.05, 0) is 76.0 Å². The van der Waals surface area contributed by atoms with Gasteiger partial charge in [-0.2, -0.15) is 0 Å². The van der Waals surface area contributed by atoms with Crippen LogP contribution in [0.5, 0.6) is 0 Å². The molecule has 178 valence electrons. The molecule has 0 spiro atoms. The Bertz CT molecular complexity index is 740. The normalized spacial score (nSPS) is 26.6. The molecular formula is C23H34FN3O5. The Morgan fingerprint density at radius 2 is 1.69 bits per heavy atom. The molecule has 3 heterocycles. The minimum Gasteiger partial charge on any atom is -0.483 e. The summed E-state index contributed by atoms with van der Waals surface area (Å²) < 4.78 is 13.2. The van der Waals surface area contributed by atoms with Crippen molar-refractivity contribution in [3.8, 4) is 0 Å². The third kappa shape index (κ3) is 6.49. The van der Waals surface area contributed by atoms with E-state index in [9.17, 15) is 9.18 Å². The molecule has 9 heteroatoms. The van der Waals surface area contributed by atoms with Crippen LogP contribution < -0.4 is 0 Å². The number of amides is 1. The second kappa shape index (κ2) is 12.5. The van der Waals surface area contributed by atoms with Crippen molar-refractivity contribution in [2.75, 3.05) is 40.3 Å². The number of carbonyl (C=O) groups is 3. The molecule has 0 aliphatic carbocycles. The van der Waals surface area contributed by atoms with E-state index < -0.39 is 0 Å². The van der Waals surface area contributed by atoms with Gasteiger partial charge in [-0.15, -0.1) is 0 Å². The molecule has 0 unspecified atom stereocenters. The topological polar surface area (TPSA) is 101 Å². The van der Waals surface area contributed by atoms with Crippen LogP contribution >= 0.6 is 0 Å². The molecule has 3 aliphatic rings. The number of hydrogen-bond acceptors (Lipinski definition) is 5. The molecule has 0 radical (unpaired) electrons. The van der Waals surface area contributed by atoms with Gasteiger partial charge in [0.1, 0.15) is 5.82 Å². The van der Waals surface area contributed by atoms with Crippen LogP contribution in [-0.2, 0) is 9.59 Å². The largest absolute Gasteiger partial charge is 0.483 e. The molecule has 3 fully saturated rings. The zero-order valence-electron chi connectivity index (χ0n) is 18.8. The van der Waals surface area contributed by atoms with Crippen LogP contribution in [0.3, 0.4) is 0 Å². The Balaban J connectivity index is 0.000000547. The van der Waals surface area contributed by atoms with Crippen molar-refractivity contribution in [1.82, 2.24) is 14.7 Å². The van der Waals surface area contributed by atoms with Crippen molar-refractivity contribution in [3.05, 3.63) is 35.6 Å². The summed E-state index contributed by atoms with van der Waals surface area (Å²) in [5.41, 5.74) is 0.607. The third-order valence-corrected chi connectivity index (χ3v) is 6.55. The summed E-state index contributed by atoms with van der Waals surface area (Å²) in [6, 6.07) is 7.16. The van der Waals surface area contributed by atoms with E-state index in [0.29, 0.717) is 29.5 Å². The molecule has 32 heavy (non-hydrogen) atoms. The fourth-order valence-electron chi connectivity index (χ4n) is 5.47. The van der Waals surface area contributed by atoms with Crippen molar-refractivity contribution in [2.24, 2.45) is 11.8 Å². The molecule has 1 aromatic carbocycles. The second-order valence-corrected chi connectivity index (χ2v) is 8.81. The SMILES string of the molecule is CN(C)C[C@H]1[C@H]2C[C@H](CN(C(=O)c3ccc(F)cc3)C2)[C@@H]2CCCCN21.O=CO.O=CO. The number of piperidine rings is 3. The lowest BCUT2D eigenvalue weighted by molar-refractivity contribution is -0.123. The van der Waals surface area contributed by atoms with Gasteiger partial charge in [0, 0.05) is 37.3 Å². The minimum atomic E-state index is -0.291. The number of likely N-dealkylation sites (tertiary alicyclic amines) is 1. The monoisotopic (exact) mass is 451 g/mol. The predicted molar refractivity (Wildman–Crippen MR) is 118 cm³/mol. The molecule has 0 saturated carbocycles. The number of benzene rings is 1. The molecule has 0 aromatic heterocycles. The first-order valence-electron chi connectivity index (χ1n) is 11.0. The summed E-state index contributed by atoms with van der Waals surface area (Å²) >= 11 is 0. The van der Waals surface area contributed by atoms with Crippen LogP contribution in [0, 0.1) is 17.7 Å². The van der Waals surface area contributed by atoms with Crippen molar-refractivity contribution >= 4 is 18.9 Å². The van der Waals surface area contributed by atoms with Gasteiger partial charge in [-0.1, -0.05) is 6.42 Å². The molecule has 3 aliphatic heterocycles. The number of halogens is 1. The highest BCUT2D eigenvalue weighted by atomic mass is 19.1. The maximum Gasteiger partial charge on any atom is 0.290 e. The van der Waals surface area contributed by atoms with E-state index in [0.717, 1.165) is 19.6 Å². The summed E-state index contributed by atoms with van der Waals surface area (Å²) in [7, 11) is 4.30. The number of likely N-dealkylation sites (N-methyl/N-ethyl adjacent to an activating group) is 1. The van der Waals surface area contributed by atoms with Gasteiger partial charge in [0.25, 0.3) is 18.9 Å². The van der Waals surface area contributed by atoms with Crippen LogP contribution in [0.25, 0.3) is 0 Å². The van der Waals surface area contributed by atoms with Crippen molar-refractivity contribution in [2.45, 2.75) is 37.8 Å². The molecule has 4 rings (SSSR count). The number of rotatable bonds is 3. The highest BCUT2D eigenvalue weighted by molar-refractivity contribution is 5.94. The smallest absolute Gasteiger partial charge is 0.290 e. The van der Waals surface area contributed by atoms with Crippen molar-refractivity contribution in [3.63, 3.8) is 0 Å². The fraction of sp³-hybridized carbons (Fsp3) is 0.609. The molecule has 8 nitrogen and oxygen atoms in total. The molecule has 4 atom stereocenters. The van der Waals surface area contributed by atoms with E-state index in [1.165, 1.54) is 44.4 Å². The van der Waals surface area contributed by atoms with E-state index >= 15 is 0 Å². The van der Waals surface area contributed by atoms with Crippen LogP contribution in [0.4, 0.5) is 4.39 Å². The average molecular weight is 452 g/mol. The van der Waals surface area contributed by atoms with E-state index in [1.54, 1.807) is 12.1 Å². The van der Waals surface area contributed by atoms with Crippen molar-refractivity contribution in [1.29, 1.82) is 0 Å². The van der Waals surface area contributed by atoms with Gasteiger partial charge < -0.3 is 20.0 Å². The van der Waals surface area contributed by atoms with Crippen LogP contribution in [0.2, 0.25) is 0 Å². The predicted octanol–water partition coefficient (Wildman–Crippen LogP) is 2.10. The van der Waals surface area contributed by atoms with Gasteiger partial charge >= 0.3 is 0 Å². The zero-order valence-corrected chi connectivity index (χ0v) is 18.8. The Labute approximate surface area is 188 Å². The van der Waals surface area contributed by atoms with Gasteiger partial charge in [-0.3, -0.25) is 19.3 Å². The molecule has 2 bridgehead atoms. The molecular weight excluding hydrogens is 417 g/mol. The average Bonchev–Trinajstić information content (AvgIpc) is 2.77. The lowest BCUT2D eigenvalue weighted by Gasteiger charge is -2.57. The zero-order chi connectivity index (χ0) is 23.7. The van der Waals surface area contributed by atoms with Crippen LogP contribution in [-0.4, -0.2) is 96.1 Å². The fourth-order valence-corrected chi connectivity index (χ4v) is 5.47. The standard InChI is InChI=1S/C21H30FN3O.2CH2O2/c1-23(2)14-20-17-11-16(19-5-3-4-10-25(19)20)12-24(13-17)21(26)15-6-8-18(22)9-7-15;2*2-1-3/h6-9,16-17,19-20H,3-5,10-14H2,1-2H3;2*1H,(H,2,3)/t16-,17+,19+,20+;;/m1../s1. The highest BCUT2D eigenvalue weighted by Gasteiger charge is 2.47. The number of hydrogen-bond donors (Lipinski definition) is 2. The first kappa shape index (κ1) is 25.7. The summed E-state index contributed by atoms with van der Waals surface area (Å²) in [6.45, 7) is 3.45. The lowest BCUT2D eigenvalue weighted by Crippen LogP contribution is -2.65. The maximum atomic E-state index is 13.2. The van der Waals surface area contributed by atoms with Gasteiger partial charge in [0.15, 0.2) is 0 Å². The van der Waals surface area contributed by atoms with Crippen LogP contribution in [0.15, 0.2) is 24.3 Å². The maximum absolute atomic E-state index is 13.2. The van der Waals surface area contributed by atoms with Crippen LogP contribution in [0.1, 0.15) is 36.0 Å².